The maximum absolute atomic E-state index is 12.2. The molecule has 6 nitrogen and oxygen atoms in total. The molecule has 0 aliphatic carbocycles. The number of benzene rings is 3. The summed E-state index contributed by atoms with van der Waals surface area (Å²) < 4.78 is 11.0. The highest BCUT2D eigenvalue weighted by Gasteiger charge is 2.15. The molecule has 9 heteroatoms. The Balaban J connectivity index is 1.65. The van der Waals surface area contributed by atoms with Gasteiger partial charge in [-0.1, -0.05) is 52.5 Å². The van der Waals surface area contributed by atoms with Crippen molar-refractivity contribution >= 4 is 52.1 Å². The number of carbonyl (C=O) groups excluding carboxylic acids is 1. The molecule has 0 saturated carbocycles. The van der Waals surface area contributed by atoms with E-state index in [4.69, 9.17) is 44.3 Å². The van der Waals surface area contributed by atoms with Gasteiger partial charge in [0, 0.05) is 17.9 Å². The Morgan fingerprint density at radius 2 is 1.62 bits per heavy atom. The van der Waals surface area contributed by atoms with Gasteiger partial charge in [0.2, 0.25) is 0 Å². The van der Waals surface area contributed by atoms with Gasteiger partial charge in [-0.2, -0.15) is 0 Å². The standard InChI is InChI=1S/C23H21Cl3N2O4/c1-13-3-5-15(6-4-13)28-21(29)12-32-23-19(26)7-14(8-20(23)31-2)11-27-16-9-17(24)22(30)18(25)10-16/h3-10,27,30H,11-12H2,1-2H3,(H,28,29). The minimum atomic E-state index is -0.321. The van der Waals surface area contributed by atoms with E-state index in [1.807, 2.05) is 31.2 Å². The molecule has 0 unspecified atom stereocenters. The lowest BCUT2D eigenvalue weighted by Gasteiger charge is -2.15. The smallest absolute Gasteiger partial charge is 0.262 e. The van der Waals surface area contributed by atoms with Crippen LogP contribution in [0.3, 0.4) is 0 Å². The van der Waals surface area contributed by atoms with Gasteiger partial charge in [0.05, 0.1) is 22.2 Å². The second kappa shape index (κ2) is 10.7. The third-order valence-corrected chi connectivity index (χ3v) is 5.34. The lowest BCUT2D eigenvalue weighted by Crippen LogP contribution is -2.20. The summed E-state index contributed by atoms with van der Waals surface area (Å²) in [5.74, 6) is 0.169. The van der Waals surface area contributed by atoms with Crippen LogP contribution in [0.25, 0.3) is 0 Å². The number of phenols is 1. The van der Waals surface area contributed by atoms with Crippen LogP contribution in [0, 0.1) is 6.92 Å². The summed E-state index contributed by atoms with van der Waals surface area (Å²) in [4.78, 5) is 12.2. The average Bonchev–Trinajstić information content (AvgIpc) is 2.76. The van der Waals surface area contributed by atoms with Gasteiger partial charge in [-0.15, -0.1) is 0 Å². The Morgan fingerprint density at radius 3 is 2.25 bits per heavy atom. The van der Waals surface area contributed by atoms with Crippen LogP contribution in [0.15, 0.2) is 48.5 Å². The minimum Gasteiger partial charge on any atom is -0.505 e. The van der Waals surface area contributed by atoms with Gasteiger partial charge < -0.3 is 25.2 Å². The van der Waals surface area contributed by atoms with E-state index in [1.54, 1.807) is 24.3 Å². The first kappa shape index (κ1) is 23.9. The Bertz CT molecular complexity index is 1100. The van der Waals surface area contributed by atoms with Gasteiger partial charge in [-0.25, -0.2) is 0 Å². The van der Waals surface area contributed by atoms with Crippen molar-refractivity contribution in [3.63, 3.8) is 0 Å². The Labute approximate surface area is 201 Å². The molecular weight excluding hydrogens is 475 g/mol. The molecule has 3 aromatic carbocycles. The molecule has 0 spiro atoms. The Kier molecular flexibility index (Phi) is 7.96. The lowest BCUT2D eigenvalue weighted by molar-refractivity contribution is -0.118. The summed E-state index contributed by atoms with van der Waals surface area (Å²) in [7, 11) is 1.49. The first-order valence-corrected chi connectivity index (χ1v) is 10.7. The van der Waals surface area contributed by atoms with E-state index in [0.29, 0.717) is 28.7 Å². The first-order chi connectivity index (χ1) is 15.3. The predicted octanol–water partition coefficient (Wildman–Crippen LogP) is 6.30. The second-order valence-corrected chi connectivity index (χ2v) is 8.18. The summed E-state index contributed by atoms with van der Waals surface area (Å²) in [5, 5.41) is 16.2. The third-order valence-electron chi connectivity index (χ3n) is 4.49. The Hall–Kier alpha value is -2.80. The number of hydrogen-bond acceptors (Lipinski definition) is 5. The van der Waals surface area contributed by atoms with E-state index in [1.165, 1.54) is 7.11 Å². The summed E-state index contributed by atoms with van der Waals surface area (Å²) in [5.41, 5.74) is 3.20. The summed E-state index contributed by atoms with van der Waals surface area (Å²) in [6.45, 7) is 2.12. The number of methoxy groups -OCH3 is 1. The molecule has 3 aromatic rings. The van der Waals surface area contributed by atoms with E-state index >= 15 is 0 Å². The number of carbonyl (C=O) groups is 1. The van der Waals surface area contributed by atoms with Crippen molar-refractivity contribution in [2.75, 3.05) is 24.4 Å². The zero-order valence-corrected chi connectivity index (χ0v) is 19.6. The highest BCUT2D eigenvalue weighted by molar-refractivity contribution is 6.37. The van der Waals surface area contributed by atoms with Crippen LogP contribution in [0.4, 0.5) is 11.4 Å². The first-order valence-electron chi connectivity index (χ1n) is 9.54. The van der Waals surface area contributed by atoms with Crippen LogP contribution in [0.2, 0.25) is 15.1 Å². The second-order valence-electron chi connectivity index (χ2n) is 6.95. The van der Waals surface area contributed by atoms with Crippen LogP contribution >= 0.6 is 34.8 Å². The number of amides is 1. The fourth-order valence-electron chi connectivity index (χ4n) is 2.86. The largest absolute Gasteiger partial charge is 0.505 e. The molecule has 1 amide bonds. The number of hydrogen-bond donors (Lipinski definition) is 3. The maximum Gasteiger partial charge on any atom is 0.262 e. The van der Waals surface area contributed by atoms with Crippen molar-refractivity contribution < 1.29 is 19.4 Å². The van der Waals surface area contributed by atoms with Crippen LogP contribution < -0.4 is 20.1 Å². The normalized spacial score (nSPS) is 10.5. The summed E-state index contributed by atoms with van der Waals surface area (Å²) in [6, 6.07) is 14.0. The van der Waals surface area contributed by atoms with Crippen LogP contribution in [0.1, 0.15) is 11.1 Å². The molecule has 0 atom stereocenters. The van der Waals surface area contributed by atoms with Crippen molar-refractivity contribution in [3.8, 4) is 17.2 Å². The fraction of sp³-hybridized carbons (Fsp3) is 0.174. The van der Waals surface area contributed by atoms with Gasteiger partial charge in [0.15, 0.2) is 23.9 Å². The number of halogens is 3. The number of aryl methyl sites for hydroxylation is 1. The van der Waals surface area contributed by atoms with E-state index in [2.05, 4.69) is 10.6 Å². The molecular formula is C23H21Cl3N2O4. The molecule has 168 valence electrons. The highest BCUT2D eigenvalue weighted by Crippen LogP contribution is 2.37. The van der Waals surface area contributed by atoms with Crippen molar-refractivity contribution in [2.45, 2.75) is 13.5 Å². The van der Waals surface area contributed by atoms with Crippen molar-refractivity contribution in [2.24, 2.45) is 0 Å². The molecule has 0 fully saturated rings. The number of anilines is 2. The quantitative estimate of drug-likeness (QED) is 0.320. The monoisotopic (exact) mass is 494 g/mol. The SMILES string of the molecule is COc1cc(CNc2cc(Cl)c(O)c(Cl)c2)cc(Cl)c1OCC(=O)Nc1ccc(C)cc1. The van der Waals surface area contributed by atoms with Crippen molar-refractivity contribution in [1.29, 1.82) is 0 Å². The number of nitrogens with one attached hydrogen (secondary N) is 2. The van der Waals surface area contributed by atoms with Gasteiger partial charge in [0.1, 0.15) is 0 Å². The zero-order chi connectivity index (χ0) is 23.3. The number of phenolic OH excluding ortho intramolecular Hbond substituents is 1. The summed E-state index contributed by atoms with van der Waals surface area (Å²) in [6.07, 6.45) is 0. The molecule has 0 heterocycles. The van der Waals surface area contributed by atoms with E-state index in [-0.39, 0.29) is 34.1 Å². The fourth-order valence-corrected chi connectivity index (χ4v) is 3.63. The van der Waals surface area contributed by atoms with E-state index < -0.39 is 0 Å². The zero-order valence-electron chi connectivity index (χ0n) is 17.3. The number of ether oxygens (including phenoxy) is 2. The topological polar surface area (TPSA) is 79.8 Å². The highest BCUT2D eigenvalue weighted by atomic mass is 35.5. The molecule has 32 heavy (non-hydrogen) atoms. The molecule has 3 N–H and O–H groups in total. The Morgan fingerprint density at radius 1 is 0.969 bits per heavy atom. The summed E-state index contributed by atoms with van der Waals surface area (Å²) >= 11 is 18.3. The average molecular weight is 496 g/mol. The molecule has 0 bridgehead atoms. The maximum atomic E-state index is 12.2. The van der Waals surface area contributed by atoms with Gasteiger partial charge in [0.25, 0.3) is 5.91 Å². The van der Waals surface area contributed by atoms with Crippen LogP contribution in [-0.4, -0.2) is 24.7 Å². The molecule has 0 aliphatic rings. The third kappa shape index (κ3) is 6.13. The minimum absolute atomic E-state index is 0.142. The van der Waals surface area contributed by atoms with Crippen molar-refractivity contribution in [3.05, 3.63) is 74.7 Å². The molecule has 0 aromatic heterocycles. The number of aromatic hydroxyl groups is 1. The van der Waals surface area contributed by atoms with Crippen LogP contribution in [-0.2, 0) is 11.3 Å². The van der Waals surface area contributed by atoms with E-state index in [0.717, 1.165) is 11.1 Å². The molecule has 3 rings (SSSR count). The molecule has 0 aliphatic heterocycles. The van der Waals surface area contributed by atoms with Gasteiger partial charge >= 0.3 is 0 Å². The molecule has 0 radical (unpaired) electrons. The lowest BCUT2D eigenvalue weighted by atomic mass is 10.2. The van der Waals surface area contributed by atoms with Gasteiger partial charge in [-0.3, -0.25) is 4.79 Å². The predicted molar refractivity (Wildman–Crippen MR) is 129 cm³/mol. The van der Waals surface area contributed by atoms with Crippen molar-refractivity contribution in [1.82, 2.24) is 0 Å². The number of rotatable bonds is 8. The van der Waals surface area contributed by atoms with Gasteiger partial charge in [-0.05, 0) is 48.9 Å². The molecule has 0 saturated heterocycles. The van der Waals surface area contributed by atoms with E-state index in [9.17, 15) is 9.90 Å². The van der Waals surface area contributed by atoms with Crippen LogP contribution in [0.5, 0.6) is 17.2 Å².